The third-order valence-electron chi connectivity index (χ3n) is 5.72. The second kappa shape index (κ2) is 10.7. The summed E-state index contributed by atoms with van der Waals surface area (Å²) >= 11 is 0. The first-order valence-corrected chi connectivity index (χ1v) is 11.3. The number of nitrogens with zero attached hydrogens (tertiary/aromatic N) is 1. The highest BCUT2D eigenvalue weighted by atomic mass is 16.5. The molecule has 2 aromatic carbocycles. The molecule has 1 N–H and O–H groups in total. The Kier molecular flexibility index (Phi) is 7.92. The lowest BCUT2D eigenvalue weighted by Gasteiger charge is -2.25. The molecule has 33 heavy (non-hydrogen) atoms. The molecule has 6 nitrogen and oxygen atoms in total. The number of hydrogen-bond acceptors (Lipinski definition) is 5. The first-order chi connectivity index (χ1) is 15.7. The number of benzene rings is 2. The van der Waals surface area contributed by atoms with Crippen molar-refractivity contribution in [1.82, 2.24) is 4.90 Å². The predicted molar refractivity (Wildman–Crippen MR) is 128 cm³/mol. The van der Waals surface area contributed by atoms with Gasteiger partial charge in [0.25, 0.3) is 11.7 Å². The highest BCUT2D eigenvalue weighted by molar-refractivity contribution is 6.46. The van der Waals surface area contributed by atoms with E-state index in [9.17, 15) is 14.7 Å². The van der Waals surface area contributed by atoms with E-state index in [0.717, 1.165) is 16.7 Å². The Morgan fingerprint density at radius 3 is 2.39 bits per heavy atom. The summed E-state index contributed by atoms with van der Waals surface area (Å²) in [5, 5.41) is 11.3. The second-order valence-corrected chi connectivity index (χ2v) is 8.93. The van der Waals surface area contributed by atoms with Crippen molar-refractivity contribution in [2.45, 2.75) is 40.2 Å². The normalized spacial score (nSPS) is 17.8. The summed E-state index contributed by atoms with van der Waals surface area (Å²) in [6, 6.07) is 12.4. The van der Waals surface area contributed by atoms with Crippen molar-refractivity contribution in [3.63, 3.8) is 0 Å². The van der Waals surface area contributed by atoms with E-state index in [1.54, 1.807) is 19.2 Å². The van der Waals surface area contributed by atoms with Gasteiger partial charge in [0.2, 0.25) is 0 Å². The van der Waals surface area contributed by atoms with Crippen molar-refractivity contribution in [2.75, 3.05) is 26.9 Å². The predicted octanol–water partition coefficient (Wildman–Crippen LogP) is 4.80. The van der Waals surface area contributed by atoms with E-state index in [4.69, 9.17) is 9.47 Å². The SMILES string of the molecule is COCCCN1C(=O)C(=O)C(=C(O)c2ccc(OCC(C)C)cc2C)C1c1ccc(C)cc1. The quantitative estimate of drug-likeness (QED) is 0.257. The van der Waals surface area contributed by atoms with Crippen LogP contribution in [0.5, 0.6) is 5.75 Å². The van der Waals surface area contributed by atoms with Crippen LogP contribution in [-0.4, -0.2) is 48.6 Å². The number of aliphatic hydroxyl groups is 1. The minimum Gasteiger partial charge on any atom is -0.507 e. The molecule has 1 aliphatic rings. The topological polar surface area (TPSA) is 76.1 Å². The molecule has 0 saturated carbocycles. The van der Waals surface area contributed by atoms with Gasteiger partial charge in [-0.05, 0) is 55.5 Å². The Morgan fingerprint density at radius 2 is 1.79 bits per heavy atom. The largest absolute Gasteiger partial charge is 0.507 e. The van der Waals surface area contributed by atoms with Crippen molar-refractivity contribution in [3.8, 4) is 5.75 Å². The van der Waals surface area contributed by atoms with Crippen molar-refractivity contribution in [1.29, 1.82) is 0 Å². The number of likely N-dealkylation sites (tertiary alicyclic amines) is 1. The Morgan fingerprint density at radius 1 is 1.09 bits per heavy atom. The minimum absolute atomic E-state index is 0.111. The Bertz CT molecular complexity index is 1040. The maximum Gasteiger partial charge on any atom is 0.295 e. The van der Waals surface area contributed by atoms with Crippen LogP contribution in [-0.2, 0) is 14.3 Å². The molecule has 1 fully saturated rings. The lowest BCUT2D eigenvalue weighted by atomic mass is 9.93. The number of Topliss-reactive ketones (excluding diaryl/α,β-unsaturated/α-hetero) is 1. The maximum absolute atomic E-state index is 13.1. The van der Waals surface area contributed by atoms with Gasteiger partial charge >= 0.3 is 0 Å². The zero-order valence-corrected chi connectivity index (χ0v) is 20.1. The van der Waals surface area contributed by atoms with Crippen molar-refractivity contribution < 1.29 is 24.2 Å². The molecule has 1 unspecified atom stereocenters. The zero-order chi connectivity index (χ0) is 24.1. The van der Waals surface area contributed by atoms with Crippen LogP contribution in [0.15, 0.2) is 48.0 Å². The van der Waals surface area contributed by atoms with Crippen LogP contribution in [0.2, 0.25) is 0 Å². The molecular formula is C27H33NO5. The van der Waals surface area contributed by atoms with Gasteiger partial charge in [-0.25, -0.2) is 0 Å². The number of ether oxygens (including phenoxy) is 2. The fraction of sp³-hybridized carbons (Fsp3) is 0.407. The summed E-state index contributed by atoms with van der Waals surface area (Å²) in [5.41, 5.74) is 3.25. The summed E-state index contributed by atoms with van der Waals surface area (Å²) in [5.74, 6) is -0.348. The van der Waals surface area contributed by atoms with Gasteiger partial charge in [-0.2, -0.15) is 0 Å². The van der Waals surface area contributed by atoms with E-state index >= 15 is 0 Å². The van der Waals surface area contributed by atoms with Gasteiger partial charge in [0.1, 0.15) is 11.5 Å². The number of amides is 1. The average molecular weight is 452 g/mol. The van der Waals surface area contributed by atoms with Crippen LogP contribution in [0.1, 0.15) is 48.6 Å². The fourth-order valence-electron chi connectivity index (χ4n) is 3.98. The van der Waals surface area contributed by atoms with E-state index in [0.29, 0.717) is 43.4 Å². The third kappa shape index (κ3) is 5.45. The lowest BCUT2D eigenvalue weighted by molar-refractivity contribution is -0.140. The number of carbonyl (C=O) groups is 2. The van der Waals surface area contributed by atoms with E-state index < -0.39 is 17.7 Å². The number of aryl methyl sites for hydroxylation is 2. The van der Waals surface area contributed by atoms with Gasteiger partial charge in [0.05, 0.1) is 18.2 Å². The Labute approximate surface area is 195 Å². The van der Waals surface area contributed by atoms with Crippen LogP contribution in [0.3, 0.4) is 0 Å². The van der Waals surface area contributed by atoms with E-state index in [2.05, 4.69) is 13.8 Å². The number of ketones is 1. The minimum atomic E-state index is -0.671. The highest BCUT2D eigenvalue weighted by Crippen LogP contribution is 2.40. The molecule has 176 valence electrons. The van der Waals surface area contributed by atoms with Crippen LogP contribution < -0.4 is 4.74 Å². The molecule has 1 atom stereocenters. The van der Waals surface area contributed by atoms with E-state index in [-0.39, 0.29) is 11.3 Å². The first-order valence-electron chi connectivity index (χ1n) is 11.3. The first kappa shape index (κ1) is 24.5. The monoisotopic (exact) mass is 451 g/mol. The molecule has 0 radical (unpaired) electrons. The molecule has 1 saturated heterocycles. The lowest BCUT2D eigenvalue weighted by Crippen LogP contribution is -2.31. The van der Waals surface area contributed by atoms with Gasteiger partial charge in [-0.3, -0.25) is 9.59 Å². The molecule has 0 aromatic heterocycles. The number of rotatable bonds is 9. The van der Waals surface area contributed by atoms with Gasteiger partial charge in [0.15, 0.2) is 0 Å². The molecule has 1 heterocycles. The standard InChI is InChI=1S/C27H33NO5/c1-17(2)16-33-21-11-12-22(19(4)15-21)25(29)23-24(20-9-7-18(3)8-10-20)28(13-6-14-32-5)27(31)26(23)30/h7-12,15,17,24,29H,6,13-14,16H2,1-5H3. The van der Waals surface area contributed by atoms with Gasteiger partial charge in [0, 0.05) is 25.8 Å². The molecule has 0 aliphatic carbocycles. The molecule has 2 aromatic rings. The number of carbonyl (C=O) groups excluding carboxylic acids is 2. The van der Waals surface area contributed by atoms with Crippen molar-refractivity contribution >= 4 is 17.4 Å². The molecule has 1 aliphatic heterocycles. The average Bonchev–Trinajstić information content (AvgIpc) is 3.03. The zero-order valence-electron chi connectivity index (χ0n) is 20.1. The van der Waals surface area contributed by atoms with Crippen molar-refractivity contribution in [2.24, 2.45) is 5.92 Å². The molecule has 0 bridgehead atoms. The summed E-state index contributed by atoms with van der Waals surface area (Å²) in [7, 11) is 1.60. The number of methoxy groups -OCH3 is 1. The van der Waals surface area contributed by atoms with E-state index in [1.165, 1.54) is 4.90 Å². The number of aliphatic hydroxyl groups excluding tert-OH is 1. The van der Waals surface area contributed by atoms with Gasteiger partial charge in [-0.15, -0.1) is 0 Å². The smallest absolute Gasteiger partial charge is 0.295 e. The molecule has 6 heteroatoms. The summed E-state index contributed by atoms with van der Waals surface area (Å²) < 4.78 is 10.9. The molecule has 3 rings (SSSR count). The number of hydrogen-bond donors (Lipinski definition) is 1. The second-order valence-electron chi connectivity index (χ2n) is 8.93. The fourth-order valence-corrected chi connectivity index (χ4v) is 3.98. The third-order valence-corrected chi connectivity index (χ3v) is 5.72. The van der Waals surface area contributed by atoms with Crippen LogP contribution >= 0.6 is 0 Å². The van der Waals surface area contributed by atoms with Gasteiger partial charge < -0.3 is 19.5 Å². The Hall–Kier alpha value is -3.12. The summed E-state index contributed by atoms with van der Waals surface area (Å²) in [4.78, 5) is 27.6. The maximum atomic E-state index is 13.1. The summed E-state index contributed by atoms with van der Waals surface area (Å²) in [6.45, 7) is 9.39. The van der Waals surface area contributed by atoms with Gasteiger partial charge in [-0.1, -0.05) is 43.7 Å². The molecule has 0 spiro atoms. The Balaban J connectivity index is 2.05. The van der Waals surface area contributed by atoms with Crippen LogP contribution in [0, 0.1) is 19.8 Å². The van der Waals surface area contributed by atoms with E-state index in [1.807, 2.05) is 44.2 Å². The van der Waals surface area contributed by atoms with Crippen molar-refractivity contribution in [3.05, 3.63) is 70.3 Å². The summed E-state index contributed by atoms with van der Waals surface area (Å²) in [6.07, 6.45) is 0.590. The highest BCUT2D eigenvalue weighted by Gasteiger charge is 2.45. The molecular weight excluding hydrogens is 418 g/mol. The molecule has 1 amide bonds. The van der Waals surface area contributed by atoms with Crippen LogP contribution in [0.25, 0.3) is 5.76 Å². The van der Waals surface area contributed by atoms with Crippen LogP contribution in [0.4, 0.5) is 0 Å².